The van der Waals surface area contributed by atoms with Gasteiger partial charge in [-0.05, 0) is 42.0 Å². The summed E-state index contributed by atoms with van der Waals surface area (Å²) in [5, 5.41) is 4.93. The number of nitrogens with zero attached hydrogens (tertiary/aromatic N) is 2. The van der Waals surface area contributed by atoms with Crippen molar-refractivity contribution >= 4 is 28.2 Å². The van der Waals surface area contributed by atoms with Gasteiger partial charge in [-0.2, -0.15) is 0 Å². The molecule has 1 aromatic heterocycles. The molecule has 1 saturated heterocycles. The number of aromatic amines is 1. The van der Waals surface area contributed by atoms with Gasteiger partial charge in [0.1, 0.15) is 5.75 Å². The molecule has 0 bridgehead atoms. The van der Waals surface area contributed by atoms with Crippen molar-refractivity contribution in [3.05, 3.63) is 76.1 Å². The number of pyridine rings is 1. The van der Waals surface area contributed by atoms with E-state index in [4.69, 9.17) is 21.7 Å². The zero-order valence-corrected chi connectivity index (χ0v) is 19.7. The first-order valence-electron chi connectivity index (χ1n) is 11.2. The lowest BCUT2D eigenvalue weighted by molar-refractivity contribution is 0.0357. The Morgan fingerprint density at radius 3 is 2.73 bits per heavy atom. The van der Waals surface area contributed by atoms with Crippen LogP contribution in [-0.4, -0.2) is 66.4 Å². The monoisotopic (exact) mass is 466 g/mol. The summed E-state index contributed by atoms with van der Waals surface area (Å²) in [6.45, 7) is 5.97. The van der Waals surface area contributed by atoms with Gasteiger partial charge in [0.15, 0.2) is 5.11 Å². The summed E-state index contributed by atoms with van der Waals surface area (Å²) in [6.07, 6.45) is 0. The number of aromatic nitrogens is 1. The van der Waals surface area contributed by atoms with E-state index in [0.29, 0.717) is 23.8 Å². The van der Waals surface area contributed by atoms with Crippen molar-refractivity contribution in [2.75, 3.05) is 46.5 Å². The Labute approximate surface area is 199 Å². The number of ether oxygens (including phenoxy) is 2. The predicted octanol–water partition coefficient (Wildman–Crippen LogP) is 2.75. The topological polar surface area (TPSA) is 69.8 Å². The van der Waals surface area contributed by atoms with Gasteiger partial charge >= 0.3 is 0 Å². The molecule has 0 spiro atoms. The van der Waals surface area contributed by atoms with E-state index in [0.717, 1.165) is 61.6 Å². The standard InChI is InChI=1S/C25H30N4O3S/c1-31-22-7-8-23-20(16-22)15-21(24(30)27-23)18-29(10-9-28-11-13-32-14-12-28)25(33)26-17-19-5-3-2-4-6-19/h2-8,15-16H,9-14,17-18H2,1H3,(H,26,33)(H,27,30). The summed E-state index contributed by atoms with van der Waals surface area (Å²) < 4.78 is 10.8. The van der Waals surface area contributed by atoms with Crippen molar-refractivity contribution in [1.29, 1.82) is 0 Å². The van der Waals surface area contributed by atoms with E-state index in [1.54, 1.807) is 7.11 Å². The van der Waals surface area contributed by atoms with Gasteiger partial charge in [0.05, 0.1) is 26.9 Å². The number of hydrogen-bond acceptors (Lipinski definition) is 5. The molecule has 8 heteroatoms. The second kappa shape index (κ2) is 11.3. The van der Waals surface area contributed by atoms with Crippen LogP contribution in [0, 0.1) is 0 Å². The second-order valence-corrected chi connectivity index (χ2v) is 8.48. The van der Waals surface area contributed by atoms with Crippen molar-refractivity contribution in [2.45, 2.75) is 13.1 Å². The number of fused-ring (bicyclic) bond motifs is 1. The third kappa shape index (κ3) is 6.31. The molecular formula is C25H30N4O3S. The number of H-pyrrole nitrogens is 1. The fourth-order valence-electron chi connectivity index (χ4n) is 3.90. The average Bonchev–Trinajstić information content (AvgIpc) is 2.86. The smallest absolute Gasteiger partial charge is 0.253 e. The molecule has 0 amide bonds. The van der Waals surface area contributed by atoms with Gasteiger partial charge in [0.2, 0.25) is 0 Å². The lowest BCUT2D eigenvalue weighted by Gasteiger charge is -2.31. The number of morpholine rings is 1. The summed E-state index contributed by atoms with van der Waals surface area (Å²) in [4.78, 5) is 20.3. The van der Waals surface area contributed by atoms with E-state index < -0.39 is 0 Å². The van der Waals surface area contributed by atoms with Crippen LogP contribution in [0.2, 0.25) is 0 Å². The van der Waals surface area contributed by atoms with E-state index in [1.165, 1.54) is 0 Å². The molecule has 2 heterocycles. The molecule has 0 saturated carbocycles. The fourth-order valence-corrected chi connectivity index (χ4v) is 4.13. The average molecular weight is 467 g/mol. The molecule has 33 heavy (non-hydrogen) atoms. The van der Waals surface area contributed by atoms with Crippen LogP contribution in [0.3, 0.4) is 0 Å². The Morgan fingerprint density at radius 2 is 1.97 bits per heavy atom. The number of nitrogens with one attached hydrogen (secondary N) is 2. The number of rotatable bonds is 8. The number of hydrogen-bond donors (Lipinski definition) is 2. The Bertz CT molecular complexity index is 1130. The summed E-state index contributed by atoms with van der Waals surface area (Å²) >= 11 is 5.76. The molecule has 1 aliphatic heterocycles. The number of methoxy groups -OCH3 is 1. The molecule has 174 valence electrons. The molecule has 0 unspecified atom stereocenters. The highest BCUT2D eigenvalue weighted by Crippen LogP contribution is 2.19. The molecule has 7 nitrogen and oxygen atoms in total. The van der Waals surface area contributed by atoms with Gasteiger partial charge < -0.3 is 24.7 Å². The van der Waals surface area contributed by atoms with Crippen LogP contribution in [0.15, 0.2) is 59.4 Å². The molecule has 0 radical (unpaired) electrons. The minimum atomic E-state index is -0.102. The van der Waals surface area contributed by atoms with Crippen LogP contribution in [0.1, 0.15) is 11.1 Å². The van der Waals surface area contributed by atoms with Crippen molar-refractivity contribution in [3.63, 3.8) is 0 Å². The fraction of sp³-hybridized carbons (Fsp3) is 0.360. The SMILES string of the molecule is COc1ccc2[nH]c(=O)c(CN(CCN3CCOCC3)C(=S)NCc3ccccc3)cc2c1. The van der Waals surface area contributed by atoms with Crippen molar-refractivity contribution < 1.29 is 9.47 Å². The lowest BCUT2D eigenvalue weighted by Crippen LogP contribution is -2.46. The Balaban J connectivity index is 1.51. The summed E-state index contributed by atoms with van der Waals surface area (Å²) in [6, 6.07) is 17.7. The molecule has 4 rings (SSSR count). The van der Waals surface area contributed by atoms with Crippen LogP contribution in [0.5, 0.6) is 5.75 Å². The highest BCUT2D eigenvalue weighted by atomic mass is 32.1. The lowest BCUT2D eigenvalue weighted by atomic mass is 10.1. The van der Waals surface area contributed by atoms with Crippen LogP contribution in [0.25, 0.3) is 10.9 Å². The molecule has 3 aromatic rings. The number of thiocarbonyl (C=S) groups is 1. The van der Waals surface area contributed by atoms with Gasteiger partial charge in [-0.1, -0.05) is 30.3 Å². The van der Waals surface area contributed by atoms with Gasteiger partial charge in [-0.25, -0.2) is 0 Å². The van der Waals surface area contributed by atoms with E-state index >= 15 is 0 Å². The molecule has 1 aliphatic rings. The maximum absolute atomic E-state index is 12.8. The van der Waals surface area contributed by atoms with Crippen LogP contribution < -0.4 is 15.6 Å². The summed E-state index contributed by atoms with van der Waals surface area (Å²) in [5.74, 6) is 0.754. The van der Waals surface area contributed by atoms with Crippen molar-refractivity contribution in [3.8, 4) is 5.75 Å². The molecule has 2 N–H and O–H groups in total. The zero-order valence-electron chi connectivity index (χ0n) is 18.9. The quantitative estimate of drug-likeness (QED) is 0.495. The number of benzene rings is 2. The van der Waals surface area contributed by atoms with E-state index in [2.05, 4.69) is 32.2 Å². The van der Waals surface area contributed by atoms with Gasteiger partial charge in [-0.3, -0.25) is 9.69 Å². The normalized spacial score (nSPS) is 14.2. The first kappa shape index (κ1) is 23.2. The predicted molar refractivity (Wildman–Crippen MR) is 135 cm³/mol. The molecule has 1 fully saturated rings. The van der Waals surface area contributed by atoms with E-state index in [9.17, 15) is 4.79 Å². The molecule has 0 atom stereocenters. The Hall–Kier alpha value is -2.94. The Morgan fingerprint density at radius 1 is 1.18 bits per heavy atom. The van der Waals surface area contributed by atoms with E-state index in [-0.39, 0.29) is 5.56 Å². The second-order valence-electron chi connectivity index (χ2n) is 8.10. The van der Waals surface area contributed by atoms with Gasteiger partial charge in [0.25, 0.3) is 5.56 Å². The zero-order chi connectivity index (χ0) is 23.0. The minimum Gasteiger partial charge on any atom is -0.497 e. The van der Waals surface area contributed by atoms with Crippen LogP contribution in [0.4, 0.5) is 0 Å². The highest BCUT2D eigenvalue weighted by molar-refractivity contribution is 7.80. The minimum absolute atomic E-state index is 0.102. The maximum atomic E-state index is 12.8. The van der Waals surface area contributed by atoms with Gasteiger partial charge in [-0.15, -0.1) is 0 Å². The molecular weight excluding hydrogens is 436 g/mol. The largest absolute Gasteiger partial charge is 0.497 e. The molecule has 2 aromatic carbocycles. The summed E-state index contributed by atoms with van der Waals surface area (Å²) in [7, 11) is 1.64. The first-order valence-corrected chi connectivity index (χ1v) is 11.6. The highest BCUT2D eigenvalue weighted by Gasteiger charge is 2.17. The van der Waals surface area contributed by atoms with E-state index in [1.807, 2.05) is 42.5 Å². The van der Waals surface area contributed by atoms with Crippen LogP contribution in [-0.2, 0) is 17.8 Å². The molecule has 0 aliphatic carbocycles. The van der Waals surface area contributed by atoms with Crippen molar-refractivity contribution in [2.24, 2.45) is 0 Å². The van der Waals surface area contributed by atoms with Crippen LogP contribution >= 0.6 is 12.2 Å². The third-order valence-corrected chi connectivity index (χ3v) is 6.26. The Kier molecular flexibility index (Phi) is 7.93. The summed E-state index contributed by atoms with van der Waals surface area (Å²) in [5.41, 5.74) is 2.51. The third-order valence-electron chi connectivity index (χ3n) is 5.85. The van der Waals surface area contributed by atoms with Crippen molar-refractivity contribution in [1.82, 2.24) is 20.1 Å². The maximum Gasteiger partial charge on any atom is 0.253 e. The first-order chi connectivity index (χ1) is 16.1. The van der Waals surface area contributed by atoms with Gasteiger partial charge in [0, 0.05) is 49.2 Å².